The first-order chi connectivity index (χ1) is 12.7. The van der Waals surface area contributed by atoms with Gasteiger partial charge >= 0.3 is 5.97 Å². The lowest BCUT2D eigenvalue weighted by Crippen LogP contribution is -1.98. The van der Waals surface area contributed by atoms with Crippen molar-refractivity contribution in [1.29, 1.82) is 0 Å². The lowest BCUT2D eigenvalue weighted by Gasteiger charge is -2.05. The van der Waals surface area contributed by atoms with Crippen molar-refractivity contribution in [2.45, 2.75) is 84.0 Å². The summed E-state index contributed by atoms with van der Waals surface area (Å²) in [6.07, 6.45) is 20.2. The molecule has 146 valence electrons. The first-order valence-corrected chi connectivity index (χ1v) is 10.3. The number of hydrogen-bond donors (Lipinski definition) is 1. The molecule has 0 unspecified atom stereocenters. The zero-order chi connectivity index (χ0) is 18.9. The minimum atomic E-state index is -0.909. The van der Waals surface area contributed by atoms with E-state index in [4.69, 9.17) is 9.84 Å². The van der Waals surface area contributed by atoms with Crippen molar-refractivity contribution in [3.05, 3.63) is 42.0 Å². The zero-order valence-corrected chi connectivity index (χ0v) is 16.4. The maximum Gasteiger partial charge on any atom is 0.335 e. The average molecular weight is 361 g/mol. The fraction of sp³-hybridized carbons (Fsp3) is 0.609. The van der Waals surface area contributed by atoms with Gasteiger partial charge in [0, 0.05) is 0 Å². The molecule has 0 atom stereocenters. The van der Waals surface area contributed by atoms with E-state index >= 15 is 0 Å². The minimum absolute atomic E-state index is 0.289. The highest BCUT2D eigenvalue weighted by Gasteiger charge is 2.01. The Morgan fingerprint density at radius 1 is 0.846 bits per heavy atom. The second-order valence-corrected chi connectivity index (χ2v) is 6.91. The van der Waals surface area contributed by atoms with Crippen LogP contribution >= 0.6 is 0 Å². The fourth-order valence-corrected chi connectivity index (χ4v) is 2.89. The highest BCUT2D eigenvalue weighted by atomic mass is 16.5. The Morgan fingerprint density at radius 2 is 1.38 bits per heavy atom. The molecule has 3 heteroatoms. The number of benzene rings is 1. The van der Waals surface area contributed by atoms with Gasteiger partial charge in [-0.1, -0.05) is 70.4 Å². The van der Waals surface area contributed by atoms with Crippen LogP contribution in [0.1, 0.15) is 94.3 Å². The molecule has 3 nitrogen and oxygen atoms in total. The van der Waals surface area contributed by atoms with Crippen LogP contribution in [0.25, 0.3) is 0 Å². The van der Waals surface area contributed by atoms with Crippen LogP contribution in [0, 0.1) is 0 Å². The van der Waals surface area contributed by atoms with E-state index in [0.29, 0.717) is 6.61 Å². The van der Waals surface area contributed by atoms with E-state index < -0.39 is 5.97 Å². The van der Waals surface area contributed by atoms with Crippen molar-refractivity contribution in [3.63, 3.8) is 0 Å². The highest BCUT2D eigenvalue weighted by molar-refractivity contribution is 5.87. The first-order valence-electron chi connectivity index (χ1n) is 10.3. The second-order valence-electron chi connectivity index (χ2n) is 6.91. The van der Waals surface area contributed by atoms with Gasteiger partial charge in [-0.05, 0) is 49.9 Å². The number of carboxylic acid groups (broad SMARTS) is 1. The fourth-order valence-electron chi connectivity index (χ4n) is 2.89. The Hall–Kier alpha value is -1.77. The Labute approximate surface area is 159 Å². The van der Waals surface area contributed by atoms with Crippen molar-refractivity contribution in [1.82, 2.24) is 0 Å². The molecular formula is C23H36O3. The van der Waals surface area contributed by atoms with Gasteiger partial charge in [-0.3, -0.25) is 0 Å². The normalized spacial score (nSPS) is 11.1. The van der Waals surface area contributed by atoms with E-state index in [1.807, 2.05) is 0 Å². The van der Waals surface area contributed by atoms with E-state index in [2.05, 4.69) is 19.1 Å². The van der Waals surface area contributed by atoms with Crippen molar-refractivity contribution < 1.29 is 14.6 Å². The van der Waals surface area contributed by atoms with Crippen LogP contribution in [0.5, 0.6) is 5.75 Å². The topological polar surface area (TPSA) is 46.5 Å². The summed E-state index contributed by atoms with van der Waals surface area (Å²) >= 11 is 0. The maximum absolute atomic E-state index is 10.8. The third-order valence-corrected chi connectivity index (χ3v) is 4.53. The molecule has 26 heavy (non-hydrogen) atoms. The number of rotatable bonds is 16. The molecule has 0 saturated carbocycles. The number of carbonyl (C=O) groups is 1. The van der Waals surface area contributed by atoms with Crippen LogP contribution in [-0.4, -0.2) is 17.7 Å². The van der Waals surface area contributed by atoms with Gasteiger partial charge in [0.1, 0.15) is 5.75 Å². The van der Waals surface area contributed by atoms with Gasteiger partial charge in [0.25, 0.3) is 0 Å². The van der Waals surface area contributed by atoms with E-state index in [1.165, 1.54) is 64.2 Å². The van der Waals surface area contributed by atoms with Gasteiger partial charge in [0.05, 0.1) is 12.2 Å². The second kappa shape index (κ2) is 15.5. The van der Waals surface area contributed by atoms with Crippen molar-refractivity contribution in [2.75, 3.05) is 6.61 Å². The maximum atomic E-state index is 10.8. The number of carboxylic acids is 1. The molecule has 0 fully saturated rings. The molecule has 0 amide bonds. The summed E-state index contributed by atoms with van der Waals surface area (Å²) in [7, 11) is 0. The first kappa shape index (κ1) is 22.3. The average Bonchev–Trinajstić information content (AvgIpc) is 2.65. The predicted molar refractivity (Wildman–Crippen MR) is 109 cm³/mol. The molecule has 1 aromatic carbocycles. The number of aromatic carboxylic acids is 1. The molecule has 0 heterocycles. The summed E-state index contributed by atoms with van der Waals surface area (Å²) < 4.78 is 5.62. The van der Waals surface area contributed by atoms with Crippen molar-refractivity contribution in [2.24, 2.45) is 0 Å². The summed E-state index contributed by atoms with van der Waals surface area (Å²) in [5.41, 5.74) is 0.289. The minimum Gasteiger partial charge on any atom is -0.494 e. The Balaban J connectivity index is 1.89. The van der Waals surface area contributed by atoms with Crippen LogP contribution in [0.15, 0.2) is 36.4 Å². The van der Waals surface area contributed by atoms with E-state index in [9.17, 15) is 4.79 Å². The van der Waals surface area contributed by atoms with E-state index in [1.54, 1.807) is 24.3 Å². The van der Waals surface area contributed by atoms with Crippen molar-refractivity contribution >= 4 is 5.97 Å². The quantitative estimate of drug-likeness (QED) is 0.254. The molecular weight excluding hydrogens is 324 g/mol. The molecule has 0 aliphatic carbocycles. The number of unbranched alkanes of at least 4 members (excludes halogenated alkanes) is 10. The third kappa shape index (κ3) is 11.7. The van der Waals surface area contributed by atoms with Gasteiger partial charge in [-0.2, -0.15) is 0 Å². The standard InChI is InChI=1S/C23H36O3/c1-2-3-4-5-6-7-8-9-10-11-12-13-14-15-20-26-22-18-16-21(17-19-22)23(24)25/h12-13,16-19H,2-11,14-15,20H2,1H3,(H,24,25)/b13-12+. The smallest absolute Gasteiger partial charge is 0.335 e. The van der Waals surface area contributed by atoms with Gasteiger partial charge in [0.2, 0.25) is 0 Å². The highest BCUT2D eigenvalue weighted by Crippen LogP contribution is 2.13. The van der Waals surface area contributed by atoms with Crippen LogP contribution in [0.2, 0.25) is 0 Å². The SMILES string of the molecule is CCCCCCCCCCC/C=C/CCCOc1ccc(C(=O)O)cc1. The van der Waals surface area contributed by atoms with Crippen LogP contribution in [0.3, 0.4) is 0 Å². The van der Waals surface area contributed by atoms with E-state index in [0.717, 1.165) is 18.6 Å². The number of allylic oxidation sites excluding steroid dienone is 2. The Morgan fingerprint density at radius 3 is 1.96 bits per heavy atom. The molecule has 1 aromatic rings. The Bertz CT molecular complexity index is 491. The predicted octanol–water partition coefficient (Wildman–Crippen LogP) is 7.02. The number of hydrogen-bond acceptors (Lipinski definition) is 2. The van der Waals surface area contributed by atoms with Gasteiger partial charge in [-0.15, -0.1) is 0 Å². The summed E-state index contributed by atoms with van der Waals surface area (Å²) in [6, 6.07) is 6.57. The molecule has 0 aromatic heterocycles. The molecule has 0 aliphatic rings. The van der Waals surface area contributed by atoms with Crippen LogP contribution in [-0.2, 0) is 0 Å². The molecule has 0 spiro atoms. The van der Waals surface area contributed by atoms with Crippen molar-refractivity contribution in [3.8, 4) is 5.75 Å². The molecule has 1 rings (SSSR count). The lowest BCUT2D eigenvalue weighted by atomic mass is 10.1. The molecule has 0 bridgehead atoms. The molecule has 1 N–H and O–H groups in total. The monoisotopic (exact) mass is 360 g/mol. The lowest BCUT2D eigenvalue weighted by molar-refractivity contribution is 0.0697. The van der Waals surface area contributed by atoms with Gasteiger partial charge < -0.3 is 9.84 Å². The summed E-state index contributed by atoms with van der Waals surface area (Å²) in [5, 5.41) is 8.84. The molecule has 0 aliphatic heterocycles. The summed E-state index contributed by atoms with van der Waals surface area (Å²) in [5.74, 6) is -0.178. The Kier molecular flexibility index (Phi) is 13.3. The van der Waals surface area contributed by atoms with Crippen LogP contribution < -0.4 is 4.74 Å². The van der Waals surface area contributed by atoms with Gasteiger partial charge in [-0.25, -0.2) is 4.79 Å². The number of ether oxygens (including phenoxy) is 1. The molecule has 0 saturated heterocycles. The van der Waals surface area contributed by atoms with E-state index in [-0.39, 0.29) is 5.56 Å². The van der Waals surface area contributed by atoms with Gasteiger partial charge in [0.15, 0.2) is 0 Å². The third-order valence-electron chi connectivity index (χ3n) is 4.53. The summed E-state index contributed by atoms with van der Waals surface area (Å²) in [4.78, 5) is 10.8. The van der Waals surface area contributed by atoms with Crippen LogP contribution in [0.4, 0.5) is 0 Å². The molecule has 0 radical (unpaired) electrons. The zero-order valence-electron chi connectivity index (χ0n) is 16.4. The summed E-state index contributed by atoms with van der Waals surface area (Å²) in [6.45, 7) is 2.93. The largest absolute Gasteiger partial charge is 0.494 e.